The Bertz CT molecular complexity index is 613. The normalized spacial score (nSPS) is 11.8. The van der Waals surface area contributed by atoms with E-state index in [2.05, 4.69) is 21.2 Å². The van der Waals surface area contributed by atoms with E-state index in [9.17, 15) is 4.79 Å². The van der Waals surface area contributed by atoms with Gasteiger partial charge in [-0.3, -0.25) is 4.79 Å². The molecule has 0 aromatic heterocycles. The molecule has 21 heavy (non-hydrogen) atoms. The van der Waals surface area contributed by atoms with Gasteiger partial charge in [0.2, 0.25) is 0 Å². The third-order valence-electron chi connectivity index (χ3n) is 3.20. The SMILES string of the molecule is COc1ccc(C)cc1C(=O)NCC(Br)c1ccccc1. The highest BCUT2D eigenvalue weighted by atomic mass is 79.9. The number of carbonyl (C=O) groups excluding carboxylic acids is 1. The minimum atomic E-state index is -0.129. The van der Waals surface area contributed by atoms with Crippen LogP contribution in [0.1, 0.15) is 26.3 Å². The van der Waals surface area contributed by atoms with Gasteiger partial charge in [0.25, 0.3) is 5.91 Å². The van der Waals surface area contributed by atoms with E-state index in [-0.39, 0.29) is 10.7 Å². The summed E-state index contributed by atoms with van der Waals surface area (Å²) in [5.41, 5.74) is 2.72. The quantitative estimate of drug-likeness (QED) is 0.833. The van der Waals surface area contributed by atoms with Crippen LogP contribution in [0.25, 0.3) is 0 Å². The van der Waals surface area contributed by atoms with Crippen LogP contribution in [-0.2, 0) is 0 Å². The monoisotopic (exact) mass is 347 g/mol. The highest BCUT2D eigenvalue weighted by Gasteiger charge is 2.14. The molecule has 0 spiro atoms. The van der Waals surface area contributed by atoms with Crippen LogP contribution in [0.3, 0.4) is 0 Å². The second kappa shape index (κ2) is 7.27. The number of alkyl halides is 1. The molecule has 1 atom stereocenters. The maximum Gasteiger partial charge on any atom is 0.255 e. The average Bonchev–Trinajstić information content (AvgIpc) is 2.53. The number of hydrogen-bond acceptors (Lipinski definition) is 2. The van der Waals surface area contributed by atoms with E-state index in [4.69, 9.17) is 4.74 Å². The van der Waals surface area contributed by atoms with Gasteiger partial charge in [0, 0.05) is 6.54 Å². The second-order valence-electron chi connectivity index (χ2n) is 4.79. The summed E-state index contributed by atoms with van der Waals surface area (Å²) in [5, 5.41) is 2.93. The number of aryl methyl sites for hydroxylation is 1. The summed E-state index contributed by atoms with van der Waals surface area (Å²) >= 11 is 3.59. The van der Waals surface area contributed by atoms with Gasteiger partial charge >= 0.3 is 0 Å². The number of carbonyl (C=O) groups is 1. The zero-order valence-electron chi connectivity index (χ0n) is 12.1. The van der Waals surface area contributed by atoms with Gasteiger partial charge in [-0.2, -0.15) is 0 Å². The van der Waals surface area contributed by atoms with E-state index >= 15 is 0 Å². The summed E-state index contributed by atoms with van der Waals surface area (Å²) in [4.78, 5) is 12.4. The third kappa shape index (κ3) is 4.08. The van der Waals surface area contributed by atoms with Gasteiger partial charge in [-0.25, -0.2) is 0 Å². The first kappa shape index (κ1) is 15.6. The summed E-state index contributed by atoms with van der Waals surface area (Å²) in [5.74, 6) is 0.458. The molecule has 2 rings (SSSR count). The molecule has 0 bridgehead atoms. The van der Waals surface area contributed by atoms with Crippen molar-refractivity contribution >= 4 is 21.8 Å². The number of nitrogens with one attached hydrogen (secondary N) is 1. The van der Waals surface area contributed by atoms with Crippen molar-refractivity contribution in [2.75, 3.05) is 13.7 Å². The lowest BCUT2D eigenvalue weighted by Gasteiger charge is -2.13. The van der Waals surface area contributed by atoms with Crippen molar-refractivity contribution in [2.45, 2.75) is 11.8 Å². The minimum Gasteiger partial charge on any atom is -0.496 e. The van der Waals surface area contributed by atoms with E-state index in [0.29, 0.717) is 17.9 Å². The van der Waals surface area contributed by atoms with E-state index in [1.165, 1.54) is 0 Å². The molecule has 0 aliphatic heterocycles. The van der Waals surface area contributed by atoms with Gasteiger partial charge in [0.15, 0.2) is 0 Å². The molecule has 0 radical (unpaired) electrons. The maximum atomic E-state index is 12.3. The molecule has 110 valence electrons. The van der Waals surface area contributed by atoms with Crippen molar-refractivity contribution < 1.29 is 9.53 Å². The maximum absolute atomic E-state index is 12.3. The molecule has 0 aliphatic carbocycles. The summed E-state index contributed by atoms with van der Waals surface area (Å²) < 4.78 is 5.24. The molecule has 0 aliphatic rings. The Morgan fingerprint density at radius 2 is 1.95 bits per heavy atom. The first-order chi connectivity index (χ1) is 10.1. The molecular weight excluding hydrogens is 330 g/mol. The van der Waals surface area contributed by atoms with Crippen LogP contribution in [0.4, 0.5) is 0 Å². The molecule has 1 amide bonds. The molecule has 1 N–H and O–H groups in total. The van der Waals surface area contributed by atoms with E-state index in [0.717, 1.165) is 11.1 Å². The van der Waals surface area contributed by atoms with Crippen molar-refractivity contribution in [2.24, 2.45) is 0 Å². The summed E-state index contributed by atoms with van der Waals surface area (Å²) in [6.07, 6.45) is 0. The summed E-state index contributed by atoms with van der Waals surface area (Å²) in [6, 6.07) is 15.6. The fourth-order valence-corrected chi connectivity index (χ4v) is 2.52. The van der Waals surface area contributed by atoms with Crippen molar-refractivity contribution in [3.05, 3.63) is 65.2 Å². The molecule has 0 saturated carbocycles. The number of rotatable bonds is 5. The Morgan fingerprint density at radius 3 is 2.62 bits per heavy atom. The van der Waals surface area contributed by atoms with Crippen LogP contribution in [-0.4, -0.2) is 19.6 Å². The van der Waals surface area contributed by atoms with Crippen molar-refractivity contribution in [3.63, 3.8) is 0 Å². The average molecular weight is 348 g/mol. The standard InChI is InChI=1S/C17H18BrNO2/c1-12-8-9-16(21-2)14(10-12)17(20)19-11-15(18)13-6-4-3-5-7-13/h3-10,15H,11H2,1-2H3,(H,19,20). The first-order valence-electron chi connectivity index (χ1n) is 6.73. The molecular formula is C17H18BrNO2. The number of halogens is 1. The Morgan fingerprint density at radius 1 is 1.24 bits per heavy atom. The minimum absolute atomic E-state index is 0.0819. The highest BCUT2D eigenvalue weighted by molar-refractivity contribution is 9.09. The predicted octanol–water partition coefficient (Wildman–Crippen LogP) is 3.87. The van der Waals surface area contributed by atoms with Gasteiger partial charge in [0.05, 0.1) is 17.5 Å². The van der Waals surface area contributed by atoms with Gasteiger partial charge in [-0.15, -0.1) is 0 Å². The van der Waals surface area contributed by atoms with Crippen LogP contribution in [0, 0.1) is 6.92 Å². The van der Waals surface area contributed by atoms with E-state index in [1.54, 1.807) is 7.11 Å². The zero-order chi connectivity index (χ0) is 15.2. The number of ether oxygens (including phenoxy) is 1. The Balaban J connectivity index is 2.04. The molecule has 4 heteroatoms. The predicted molar refractivity (Wildman–Crippen MR) is 88.2 cm³/mol. The fourth-order valence-electron chi connectivity index (χ4n) is 2.06. The molecule has 3 nitrogen and oxygen atoms in total. The van der Waals surface area contributed by atoms with Gasteiger partial charge < -0.3 is 10.1 Å². The van der Waals surface area contributed by atoms with E-state index < -0.39 is 0 Å². The molecule has 1 unspecified atom stereocenters. The van der Waals surface area contributed by atoms with Gasteiger partial charge in [-0.1, -0.05) is 57.9 Å². The lowest BCUT2D eigenvalue weighted by Crippen LogP contribution is -2.27. The van der Waals surface area contributed by atoms with Gasteiger partial charge in [-0.05, 0) is 24.6 Å². The molecule has 2 aromatic carbocycles. The number of methoxy groups -OCH3 is 1. The lowest BCUT2D eigenvalue weighted by atomic mass is 10.1. The molecule has 0 saturated heterocycles. The smallest absolute Gasteiger partial charge is 0.255 e. The summed E-state index contributed by atoms with van der Waals surface area (Å²) in [6.45, 7) is 2.47. The number of amides is 1. The van der Waals surface area contributed by atoms with Crippen molar-refractivity contribution in [1.29, 1.82) is 0 Å². The Labute approximate surface area is 133 Å². The van der Waals surface area contributed by atoms with Crippen molar-refractivity contribution in [1.82, 2.24) is 5.32 Å². The molecule has 2 aromatic rings. The molecule has 0 heterocycles. The Kier molecular flexibility index (Phi) is 5.39. The lowest BCUT2D eigenvalue weighted by molar-refractivity contribution is 0.0951. The fraction of sp³-hybridized carbons (Fsp3) is 0.235. The third-order valence-corrected chi connectivity index (χ3v) is 4.06. The number of benzene rings is 2. The van der Waals surface area contributed by atoms with Crippen LogP contribution in [0.2, 0.25) is 0 Å². The largest absolute Gasteiger partial charge is 0.496 e. The van der Waals surface area contributed by atoms with Crippen LogP contribution in [0.5, 0.6) is 5.75 Å². The zero-order valence-corrected chi connectivity index (χ0v) is 13.7. The van der Waals surface area contributed by atoms with Crippen LogP contribution >= 0.6 is 15.9 Å². The highest BCUT2D eigenvalue weighted by Crippen LogP contribution is 2.23. The number of hydrogen-bond donors (Lipinski definition) is 1. The topological polar surface area (TPSA) is 38.3 Å². The molecule has 0 fully saturated rings. The van der Waals surface area contributed by atoms with Crippen molar-refractivity contribution in [3.8, 4) is 5.75 Å². The second-order valence-corrected chi connectivity index (χ2v) is 5.90. The van der Waals surface area contributed by atoms with E-state index in [1.807, 2.05) is 55.5 Å². The first-order valence-corrected chi connectivity index (χ1v) is 7.65. The Hall–Kier alpha value is -1.81. The van der Waals surface area contributed by atoms with Crippen LogP contribution < -0.4 is 10.1 Å². The summed E-state index contributed by atoms with van der Waals surface area (Å²) in [7, 11) is 1.57. The van der Waals surface area contributed by atoms with Gasteiger partial charge in [0.1, 0.15) is 5.75 Å². The van der Waals surface area contributed by atoms with Crippen LogP contribution in [0.15, 0.2) is 48.5 Å².